The summed E-state index contributed by atoms with van der Waals surface area (Å²) in [5.74, 6) is -2.21. The Morgan fingerprint density at radius 2 is 1.92 bits per heavy atom. The highest BCUT2D eigenvalue weighted by Gasteiger charge is 2.32. The van der Waals surface area contributed by atoms with E-state index in [1.54, 1.807) is 17.0 Å². The van der Waals surface area contributed by atoms with Crippen molar-refractivity contribution in [3.05, 3.63) is 80.5 Å². The van der Waals surface area contributed by atoms with Gasteiger partial charge in [0.15, 0.2) is 11.5 Å². The molecule has 0 aliphatic carbocycles. The minimum absolute atomic E-state index is 0.00560. The Hall–Kier alpha value is -4.72. The van der Waals surface area contributed by atoms with Crippen LogP contribution in [0.25, 0.3) is 22.1 Å². The number of ether oxygens (including phenoxy) is 1. The third-order valence-electron chi connectivity index (χ3n) is 6.57. The van der Waals surface area contributed by atoms with E-state index in [1.807, 2.05) is 0 Å². The van der Waals surface area contributed by atoms with Gasteiger partial charge in [-0.15, -0.1) is 0 Å². The van der Waals surface area contributed by atoms with Crippen LogP contribution >= 0.6 is 0 Å². The van der Waals surface area contributed by atoms with Crippen LogP contribution < -0.4 is 15.6 Å². The van der Waals surface area contributed by atoms with Crippen molar-refractivity contribution in [2.75, 3.05) is 26.2 Å². The van der Waals surface area contributed by atoms with E-state index in [1.165, 1.54) is 24.5 Å². The van der Waals surface area contributed by atoms with Crippen LogP contribution in [0.1, 0.15) is 40.7 Å². The molecular weight excluding hydrogens is 493 g/mol. The highest BCUT2D eigenvalue weighted by Crippen LogP contribution is 2.38. The number of hydrogen-bond acceptors (Lipinski definition) is 6. The van der Waals surface area contributed by atoms with E-state index < -0.39 is 28.7 Å². The summed E-state index contributed by atoms with van der Waals surface area (Å²) in [5.41, 5.74) is -0.110. The number of carbonyl (C=O) groups excluding carboxylic acids is 2. The quantitative estimate of drug-likeness (QED) is 0.384. The summed E-state index contributed by atoms with van der Waals surface area (Å²) in [6.45, 7) is 7.98. The number of hydrogen-bond donors (Lipinski definition) is 2. The van der Waals surface area contributed by atoms with E-state index in [0.29, 0.717) is 18.7 Å². The molecule has 4 heterocycles. The predicted octanol–water partition coefficient (Wildman–Crippen LogP) is 2.68. The average Bonchev–Trinajstić information content (AvgIpc) is 2.93. The number of rotatable bonds is 6. The van der Waals surface area contributed by atoms with Gasteiger partial charge in [0.05, 0.1) is 12.7 Å². The molecule has 0 bridgehead atoms. The first-order chi connectivity index (χ1) is 18.4. The summed E-state index contributed by atoms with van der Waals surface area (Å²) < 4.78 is 20.6. The normalized spacial score (nSPS) is 14.4. The molecule has 2 aromatic heterocycles. The number of amides is 2. The smallest absolute Gasteiger partial charge is 0.291 e. The highest BCUT2D eigenvalue weighted by atomic mass is 19.1. The molecule has 1 saturated heterocycles. The van der Waals surface area contributed by atoms with E-state index in [-0.39, 0.29) is 47.9 Å². The highest BCUT2D eigenvalue weighted by molar-refractivity contribution is 6.04. The average molecular weight is 518 g/mol. The minimum atomic E-state index is -0.857. The molecule has 0 spiro atoms. The Morgan fingerprint density at radius 1 is 1.18 bits per heavy atom. The molecule has 0 radical (unpaired) electrons. The molecule has 0 saturated carbocycles. The summed E-state index contributed by atoms with van der Waals surface area (Å²) in [6.07, 6.45) is 5.64. The van der Waals surface area contributed by atoms with Crippen molar-refractivity contribution in [1.29, 1.82) is 0 Å². The zero-order chi connectivity index (χ0) is 26.8. The maximum atomic E-state index is 13.5. The van der Waals surface area contributed by atoms with Crippen molar-refractivity contribution in [2.45, 2.75) is 25.7 Å². The van der Waals surface area contributed by atoms with Crippen LogP contribution in [-0.4, -0.2) is 57.6 Å². The summed E-state index contributed by atoms with van der Waals surface area (Å²) in [5, 5.41) is 13.4. The first kappa shape index (κ1) is 25.0. The molecule has 0 unspecified atom stereocenters. The van der Waals surface area contributed by atoms with Crippen molar-refractivity contribution >= 4 is 29.0 Å². The zero-order valence-corrected chi connectivity index (χ0v) is 20.4. The molecule has 194 valence electrons. The lowest BCUT2D eigenvalue weighted by Gasteiger charge is -2.29. The van der Waals surface area contributed by atoms with Gasteiger partial charge in [-0.25, -0.2) is 11.0 Å². The van der Waals surface area contributed by atoms with E-state index in [4.69, 9.17) is 11.3 Å². The standard InChI is InChI=1S/C27H24FN5O5/c1-29-9-10-30-25(35)20-23(34)21-22-24(17(14-31-21)13-16-5-7-18(28)8-6-16)38-19(15-33(22)27(20)37)26(36)32-11-3-2-4-12-32/h5-8,14-15,34H,2-4,9-13H2,(H,30,35). The monoisotopic (exact) mass is 517 g/mol. The number of pyridine rings is 2. The summed E-state index contributed by atoms with van der Waals surface area (Å²) in [7, 11) is 0. The maximum Gasteiger partial charge on any atom is 0.291 e. The molecule has 1 fully saturated rings. The van der Waals surface area contributed by atoms with Crippen molar-refractivity contribution < 1.29 is 23.8 Å². The van der Waals surface area contributed by atoms with Gasteiger partial charge in [-0.05, 0) is 37.0 Å². The molecule has 2 aliphatic rings. The summed E-state index contributed by atoms with van der Waals surface area (Å²) >= 11 is 0. The Morgan fingerprint density at radius 3 is 2.63 bits per heavy atom. The van der Waals surface area contributed by atoms with Gasteiger partial charge >= 0.3 is 0 Å². The molecule has 11 heteroatoms. The second-order valence-electron chi connectivity index (χ2n) is 9.10. The van der Waals surface area contributed by atoms with E-state index >= 15 is 0 Å². The molecule has 10 nitrogen and oxygen atoms in total. The molecular formula is C27H24FN5O5. The van der Waals surface area contributed by atoms with E-state index in [9.17, 15) is 23.9 Å². The van der Waals surface area contributed by atoms with Crippen LogP contribution in [-0.2, 0) is 11.2 Å². The van der Waals surface area contributed by atoms with Crippen molar-refractivity contribution in [2.24, 2.45) is 0 Å². The topological polar surface area (TPSA) is 118 Å². The molecule has 0 atom stereocenters. The molecule has 2 N–H and O–H groups in total. The molecule has 3 aromatic rings. The molecule has 2 amide bonds. The summed E-state index contributed by atoms with van der Waals surface area (Å²) in [4.78, 5) is 48.8. The first-order valence-corrected chi connectivity index (χ1v) is 12.2. The predicted molar refractivity (Wildman–Crippen MR) is 136 cm³/mol. The van der Waals surface area contributed by atoms with Gasteiger partial charge in [0, 0.05) is 31.3 Å². The Balaban J connectivity index is 1.66. The van der Waals surface area contributed by atoms with Crippen molar-refractivity contribution in [1.82, 2.24) is 19.8 Å². The number of carbonyl (C=O) groups is 2. The van der Waals surface area contributed by atoms with E-state index in [0.717, 1.165) is 29.4 Å². The lowest BCUT2D eigenvalue weighted by atomic mass is 10.0. The molecule has 2 aliphatic heterocycles. The number of halogens is 1. The maximum absolute atomic E-state index is 13.5. The van der Waals surface area contributed by atoms with Crippen molar-refractivity contribution in [3.63, 3.8) is 0 Å². The number of nitrogens with one attached hydrogen (secondary N) is 1. The van der Waals surface area contributed by atoms with Crippen LogP contribution in [0.2, 0.25) is 0 Å². The molecule has 1 aromatic carbocycles. The Bertz CT molecular complexity index is 1570. The fraction of sp³-hybridized carbons (Fsp3) is 0.296. The van der Waals surface area contributed by atoms with Crippen LogP contribution in [0.15, 0.2) is 41.0 Å². The van der Waals surface area contributed by atoms with Gasteiger partial charge in [-0.1, -0.05) is 12.1 Å². The van der Waals surface area contributed by atoms with Crippen LogP contribution in [0, 0.1) is 12.4 Å². The summed E-state index contributed by atoms with van der Waals surface area (Å²) in [6, 6.07) is 5.85. The van der Waals surface area contributed by atoms with Gasteiger partial charge in [0.2, 0.25) is 12.3 Å². The lowest BCUT2D eigenvalue weighted by molar-refractivity contribution is -0.130. The fourth-order valence-corrected chi connectivity index (χ4v) is 4.67. The molecule has 38 heavy (non-hydrogen) atoms. The first-order valence-electron chi connectivity index (χ1n) is 12.2. The number of piperidine rings is 1. The number of aromatic hydroxyl groups is 1. The van der Waals surface area contributed by atoms with Crippen LogP contribution in [0.5, 0.6) is 11.5 Å². The largest absolute Gasteiger partial charge is 0.505 e. The van der Waals surface area contributed by atoms with Gasteiger partial charge in [0.1, 0.15) is 22.4 Å². The number of nitrogens with zero attached hydrogens (tertiary/aromatic N) is 4. The van der Waals surface area contributed by atoms with Gasteiger partial charge < -0.3 is 24.9 Å². The van der Waals surface area contributed by atoms with Gasteiger partial charge in [-0.3, -0.25) is 23.9 Å². The van der Waals surface area contributed by atoms with Gasteiger partial charge in [-0.2, -0.15) is 0 Å². The van der Waals surface area contributed by atoms with Crippen LogP contribution in [0.4, 0.5) is 4.39 Å². The Kier molecular flexibility index (Phi) is 6.79. The van der Waals surface area contributed by atoms with Crippen LogP contribution in [0.3, 0.4) is 0 Å². The number of benzene rings is 1. The minimum Gasteiger partial charge on any atom is -0.505 e. The Labute approximate surface area is 216 Å². The zero-order valence-electron chi connectivity index (χ0n) is 20.4. The van der Waals surface area contributed by atoms with E-state index in [2.05, 4.69) is 15.1 Å². The number of likely N-dealkylation sites (tertiary alicyclic amines) is 1. The third-order valence-corrected chi connectivity index (χ3v) is 6.57. The third kappa shape index (κ3) is 4.56. The lowest BCUT2D eigenvalue weighted by Crippen LogP contribution is -2.39. The van der Waals surface area contributed by atoms with Gasteiger partial charge in [0.25, 0.3) is 17.4 Å². The second kappa shape index (κ2) is 10.3. The fourth-order valence-electron chi connectivity index (χ4n) is 4.67. The van der Waals surface area contributed by atoms with Crippen molar-refractivity contribution in [3.8, 4) is 11.5 Å². The molecule has 5 rings (SSSR count). The number of aromatic nitrogens is 2. The second-order valence-corrected chi connectivity index (χ2v) is 9.10. The SMILES string of the molecule is [C-]#[N+]CCNC(=O)c1c(O)c2ncc(Cc3ccc(F)cc3)c3c2n(c1=O)C=C(C(=O)N1CCCCC1)O3.